The third-order valence-corrected chi connectivity index (χ3v) is 3.08. The van der Waals surface area contributed by atoms with Crippen molar-refractivity contribution in [1.82, 2.24) is 4.98 Å². The summed E-state index contributed by atoms with van der Waals surface area (Å²) in [5.74, 6) is 1.74. The van der Waals surface area contributed by atoms with Crippen molar-refractivity contribution in [2.75, 3.05) is 24.5 Å². The lowest BCUT2D eigenvalue weighted by Crippen LogP contribution is -2.38. The predicted molar refractivity (Wildman–Crippen MR) is 63.0 cm³/mol. The molecular weight excluding hydrogens is 186 g/mol. The van der Waals surface area contributed by atoms with E-state index >= 15 is 0 Å². The number of nitrogens with two attached hydrogens (primary N) is 1. The smallest absolute Gasteiger partial charge is 0.128 e. The number of nitrogens with zero attached hydrogens (tertiary/aromatic N) is 2. The first-order valence-electron chi connectivity index (χ1n) is 5.67. The van der Waals surface area contributed by atoms with Gasteiger partial charge in [0.2, 0.25) is 0 Å². The Morgan fingerprint density at radius 3 is 3.20 bits per heavy atom. The number of aromatic nitrogens is 1. The van der Waals surface area contributed by atoms with Gasteiger partial charge in [0.25, 0.3) is 0 Å². The molecule has 82 valence electrons. The first-order chi connectivity index (χ1) is 7.29. The van der Waals surface area contributed by atoms with E-state index in [-0.39, 0.29) is 0 Å². The predicted octanol–water partition coefficient (Wildman–Crippen LogP) is 1.57. The minimum absolute atomic E-state index is 0.640. The fourth-order valence-corrected chi connectivity index (χ4v) is 2.16. The van der Waals surface area contributed by atoms with Crippen LogP contribution in [0.1, 0.15) is 18.4 Å². The third kappa shape index (κ3) is 2.48. The maximum Gasteiger partial charge on any atom is 0.128 e. The molecule has 0 amide bonds. The summed E-state index contributed by atoms with van der Waals surface area (Å²) in [4.78, 5) is 6.77. The average molecular weight is 205 g/mol. The molecule has 0 aromatic carbocycles. The molecule has 0 radical (unpaired) electrons. The Balaban J connectivity index is 2.09. The first kappa shape index (κ1) is 10.4. The van der Waals surface area contributed by atoms with Crippen molar-refractivity contribution >= 4 is 5.82 Å². The van der Waals surface area contributed by atoms with Crippen LogP contribution in [0, 0.1) is 12.8 Å². The van der Waals surface area contributed by atoms with Gasteiger partial charge in [-0.2, -0.15) is 0 Å². The maximum absolute atomic E-state index is 5.73. The third-order valence-electron chi connectivity index (χ3n) is 3.08. The van der Waals surface area contributed by atoms with Crippen molar-refractivity contribution in [1.29, 1.82) is 0 Å². The maximum atomic E-state index is 5.73. The van der Waals surface area contributed by atoms with Gasteiger partial charge in [-0.1, -0.05) is 0 Å². The number of hydrogen-bond donors (Lipinski definition) is 1. The summed E-state index contributed by atoms with van der Waals surface area (Å²) in [6.45, 7) is 5.08. The number of rotatable bonds is 2. The molecule has 1 fully saturated rings. The van der Waals surface area contributed by atoms with E-state index in [1.54, 1.807) is 0 Å². The summed E-state index contributed by atoms with van der Waals surface area (Å²) in [6.07, 6.45) is 4.38. The lowest BCUT2D eigenvalue weighted by molar-refractivity contribution is 0.421. The summed E-state index contributed by atoms with van der Waals surface area (Å²) in [5, 5.41) is 0. The van der Waals surface area contributed by atoms with E-state index in [1.165, 1.54) is 18.4 Å². The van der Waals surface area contributed by atoms with E-state index in [4.69, 9.17) is 5.73 Å². The van der Waals surface area contributed by atoms with Gasteiger partial charge in [-0.05, 0) is 49.9 Å². The molecule has 3 heteroatoms. The Morgan fingerprint density at radius 1 is 1.60 bits per heavy atom. The minimum Gasteiger partial charge on any atom is -0.356 e. The molecule has 15 heavy (non-hydrogen) atoms. The molecule has 1 aliphatic rings. The van der Waals surface area contributed by atoms with Crippen LogP contribution in [0.15, 0.2) is 18.3 Å². The summed E-state index contributed by atoms with van der Waals surface area (Å²) >= 11 is 0. The normalized spacial score (nSPS) is 21.7. The van der Waals surface area contributed by atoms with E-state index in [9.17, 15) is 0 Å². The van der Waals surface area contributed by atoms with E-state index in [0.717, 1.165) is 25.5 Å². The van der Waals surface area contributed by atoms with Crippen LogP contribution in [0.5, 0.6) is 0 Å². The van der Waals surface area contributed by atoms with Crippen LogP contribution in [0.2, 0.25) is 0 Å². The van der Waals surface area contributed by atoms with Crippen molar-refractivity contribution in [3.63, 3.8) is 0 Å². The zero-order valence-corrected chi connectivity index (χ0v) is 9.32. The number of anilines is 1. The Hall–Kier alpha value is -1.09. The Bertz CT molecular complexity index is 324. The van der Waals surface area contributed by atoms with Crippen LogP contribution in [0.25, 0.3) is 0 Å². The first-order valence-corrected chi connectivity index (χ1v) is 5.67. The summed E-state index contributed by atoms with van der Waals surface area (Å²) in [5.41, 5.74) is 7.00. The lowest BCUT2D eigenvalue weighted by Gasteiger charge is -2.33. The molecule has 0 spiro atoms. The van der Waals surface area contributed by atoms with Crippen LogP contribution in [0.4, 0.5) is 5.82 Å². The Labute approximate surface area is 91.3 Å². The van der Waals surface area contributed by atoms with Crippen molar-refractivity contribution in [3.8, 4) is 0 Å². The van der Waals surface area contributed by atoms with Crippen molar-refractivity contribution in [3.05, 3.63) is 23.9 Å². The molecular formula is C12H19N3. The van der Waals surface area contributed by atoms with E-state index < -0.39 is 0 Å². The molecule has 2 N–H and O–H groups in total. The monoisotopic (exact) mass is 205 g/mol. The van der Waals surface area contributed by atoms with Gasteiger partial charge in [0.05, 0.1) is 0 Å². The molecule has 0 bridgehead atoms. The molecule has 1 atom stereocenters. The second kappa shape index (κ2) is 4.62. The molecule has 2 rings (SSSR count). The highest BCUT2D eigenvalue weighted by Gasteiger charge is 2.19. The molecule has 0 saturated carbocycles. The van der Waals surface area contributed by atoms with E-state index in [1.807, 2.05) is 12.3 Å². The van der Waals surface area contributed by atoms with Crippen LogP contribution >= 0.6 is 0 Å². The van der Waals surface area contributed by atoms with E-state index in [2.05, 4.69) is 22.9 Å². The van der Waals surface area contributed by atoms with Crippen molar-refractivity contribution < 1.29 is 0 Å². The van der Waals surface area contributed by atoms with Crippen LogP contribution in [-0.4, -0.2) is 24.6 Å². The number of pyridine rings is 1. The molecule has 0 aliphatic carbocycles. The highest BCUT2D eigenvalue weighted by atomic mass is 15.2. The fraction of sp³-hybridized carbons (Fsp3) is 0.583. The summed E-state index contributed by atoms with van der Waals surface area (Å²) in [6, 6.07) is 4.19. The van der Waals surface area contributed by atoms with Crippen LogP contribution in [0.3, 0.4) is 0 Å². The van der Waals surface area contributed by atoms with Gasteiger partial charge in [-0.25, -0.2) is 4.98 Å². The number of hydrogen-bond acceptors (Lipinski definition) is 3. The number of piperidine rings is 1. The van der Waals surface area contributed by atoms with Gasteiger partial charge in [0, 0.05) is 19.3 Å². The minimum atomic E-state index is 0.640. The summed E-state index contributed by atoms with van der Waals surface area (Å²) < 4.78 is 0. The zero-order chi connectivity index (χ0) is 10.7. The molecule has 1 aromatic rings. The highest BCUT2D eigenvalue weighted by molar-refractivity contribution is 5.41. The van der Waals surface area contributed by atoms with Crippen LogP contribution < -0.4 is 10.6 Å². The fourth-order valence-electron chi connectivity index (χ4n) is 2.16. The molecule has 3 nitrogen and oxygen atoms in total. The van der Waals surface area contributed by atoms with Gasteiger partial charge in [0.15, 0.2) is 0 Å². The van der Waals surface area contributed by atoms with E-state index in [0.29, 0.717) is 5.92 Å². The van der Waals surface area contributed by atoms with Gasteiger partial charge in [0.1, 0.15) is 5.82 Å². The molecule has 1 aromatic heterocycles. The van der Waals surface area contributed by atoms with Crippen molar-refractivity contribution in [2.24, 2.45) is 11.7 Å². The summed E-state index contributed by atoms with van der Waals surface area (Å²) in [7, 11) is 0. The molecule has 1 saturated heterocycles. The van der Waals surface area contributed by atoms with Gasteiger partial charge in [-0.15, -0.1) is 0 Å². The highest BCUT2D eigenvalue weighted by Crippen LogP contribution is 2.21. The SMILES string of the molecule is Cc1ccnc(N2CCC[C@H](CN)C2)c1. The van der Waals surface area contributed by atoms with Gasteiger partial charge < -0.3 is 10.6 Å². The molecule has 0 unspecified atom stereocenters. The second-order valence-corrected chi connectivity index (χ2v) is 4.38. The Morgan fingerprint density at radius 2 is 2.47 bits per heavy atom. The standard InChI is InChI=1S/C12H19N3/c1-10-4-5-14-12(7-10)15-6-2-3-11(8-13)9-15/h4-5,7,11H,2-3,6,8-9,13H2,1H3/t11-/m1/s1. The quantitative estimate of drug-likeness (QED) is 0.796. The zero-order valence-electron chi connectivity index (χ0n) is 9.32. The number of aryl methyl sites for hydroxylation is 1. The van der Waals surface area contributed by atoms with Crippen LogP contribution in [-0.2, 0) is 0 Å². The van der Waals surface area contributed by atoms with Gasteiger partial charge >= 0.3 is 0 Å². The Kier molecular flexibility index (Phi) is 3.21. The van der Waals surface area contributed by atoms with Crippen molar-refractivity contribution in [2.45, 2.75) is 19.8 Å². The lowest BCUT2D eigenvalue weighted by atomic mass is 9.98. The average Bonchev–Trinajstić information content (AvgIpc) is 2.29. The molecule has 1 aliphatic heterocycles. The topological polar surface area (TPSA) is 42.2 Å². The largest absolute Gasteiger partial charge is 0.356 e. The van der Waals surface area contributed by atoms with Gasteiger partial charge in [-0.3, -0.25) is 0 Å². The second-order valence-electron chi connectivity index (χ2n) is 4.38. The molecule has 2 heterocycles.